The summed E-state index contributed by atoms with van der Waals surface area (Å²) in [6, 6.07) is 7.34. The molecule has 4 heteroatoms. The van der Waals surface area contributed by atoms with Gasteiger partial charge in [-0.25, -0.2) is 0 Å². The lowest BCUT2D eigenvalue weighted by atomic mass is 10.1. The van der Waals surface area contributed by atoms with Crippen molar-refractivity contribution in [3.63, 3.8) is 0 Å². The van der Waals surface area contributed by atoms with E-state index in [9.17, 15) is 9.59 Å². The lowest BCUT2D eigenvalue weighted by Gasteiger charge is -2.04. The molecule has 0 aliphatic carbocycles. The molecular formula is C18H22O4. The van der Waals surface area contributed by atoms with Gasteiger partial charge in [-0.3, -0.25) is 9.59 Å². The zero-order valence-electron chi connectivity index (χ0n) is 13.3. The van der Waals surface area contributed by atoms with E-state index in [1.165, 1.54) is 6.08 Å². The Labute approximate surface area is 131 Å². The summed E-state index contributed by atoms with van der Waals surface area (Å²) in [6.45, 7) is 6.37. The van der Waals surface area contributed by atoms with Crippen LogP contribution in [0.1, 0.15) is 36.2 Å². The minimum atomic E-state index is -0.321. The van der Waals surface area contributed by atoms with Crippen molar-refractivity contribution in [3.05, 3.63) is 59.4 Å². The molecule has 0 saturated carbocycles. The van der Waals surface area contributed by atoms with Gasteiger partial charge in [0.1, 0.15) is 5.76 Å². The second-order valence-electron chi connectivity index (χ2n) is 4.61. The topological polar surface area (TPSA) is 52.6 Å². The summed E-state index contributed by atoms with van der Waals surface area (Å²) in [5, 5.41) is 0. The highest BCUT2D eigenvalue weighted by Crippen LogP contribution is 2.07. The fourth-order valence-electron chi connectivity index (χ4n) is 1.72. The standard InChI is InChI=1S/C18H22O4/c1-4-21-16(11-13-18(20)22-5-2)10-12-17(19)15-8-6-14(3)7-9-15/h6-12H,4-5,13H2,1-3H3. The summed E-state index contributed by atoms with van der Waals surface area (Å²) < 4.78 is 10.2. The van der Waals surface area contributed by atoms with Crippen molar-refractivity contribution in [1.29, 1.82) is 0 Å². The van der Waals surface area contributed by atoms with Crippen molar-refractivity contribution in [2.75, 3.05) is 13.2 Å². The third-order valence-corrected chi connectivity index (χ3v) is 2.82. The molecule has 118 valence electrons. The highest BCUT2D eigenvalue weighted by atomic mass is 16.5. The number of rotatable bonds is 8. The number of carbonyl (C=O) groups is 2. The number of hydrogen-bond donors (Lipinski definition) is 0. The third kappa shape index (κ3) is 6.39. The molecule has 22 heavy (non-hydrogen) atoms. The van der Waals surface area contributed by atoms with Crippen LogP contribution in [-0.4, -0.2) is 25.0 Å². The molecule has 1 rings (SSSR count). The molecule has 0 radical (unpaired) electrons. The van der Waals surface area contributed by atoms with E-state index in [1.54, 1.807) is 31.2 Å². The van der Waals surface area contributed by atoms with Crippen molar-refractivity contribution < 1.29 is 19.1 Å². The van der Waals surface area contributed by atoms with Crippen molar-refractivity contribution in [2.24, 2.45) is 0 Å². The number of benzene rings is 1. The molecule has 0 bridgehead atoms. The molecule has 0 spiro atoms. The average molecular weight is 302 g/mol. The first-order chi connectivity index (χ1) is 10.6. The van der Waals surface area contributed by atoms with Crippen molar-refractivity contribution in [2.45, 2.75) is 27.2 Å². The van der Waals surface area contributed by atoms with Gasteiger partial charge in [-0.2, -0.15) is 0 Å². The first-order valence-electron chi connectivity index (χ1n) is 7.34. The molecule has 0 heterocycles. The summed E-state index contributed by atoms with van der Waals surface area (Å²) >= 11 is 0. The van der Waals surface area contributed by atoms with Gasteiger partial charge in [0.05, 0.1) is 19.6 Å². The molecule has 0 fully saturated rings. The van der Waals surface area contributed by atoms with Crippen LogP contribution in [0.5, 0.6) is 0 Å². The zero-order valence-corrected chi connectivity index (χ0v) is 13.3. The molecule has 0 atom stereocenters. The van der Waals surface area contributed by atoms with E-state index in [1.807, 2.05) is 26.0 Å². The molecule has 0 aliphatic rings. The fraction of sp³-hybridized carbons (Fsp3) is 0.333. The smallest absolute Gasteiger partial charge is 0.309 e. The second kappa shape index (κ2) is 9.55. The number of hydrogen-bond acceptors (Lipinski definition) is 4. The SMILES string of the molecule is CCOC(=O)CC=C(C=CC(=O)c1ccc(C)cc1)OCC. The number of ether oxygens (including phenoxy) is 2. The van der Waals surface area contributed by atoms with E-state index in [4.69, 9.17) is 9.47 Å². The van der Waals surface area contributed by atoms with Gasteiger partial charge in [-0.1, -0.05) is 29.8 Å². The van der Waals surface area contributed by atoms with E-state index >= 15 is 0 Å². The first-order valence-corrected chi connectivity index (χ1v) is 7.34. The summed E-state index contributed by atoms with van der Waals surface area (Å²) in [5.74, 6) is 0.0516. The van der Waals surface area contributed by atoms with E-state index in [2.05, 4.69) is 0 Å². The minimum absolute atomic E-state index is 0.110. The summed E-state index contributed by atoms with van der Waals surface area (Å²) in [4.78, 5) is 23.4. The van der Waals surface area contributed by atoms with Crippen LogP contribution in [0.4, 0.5) is 0 Å². The molecule has 0 N–H and O–H groups in total. The molecule has 1 aromatic carbocycles. The molecule has 0 aromatic heterocycles. The second-order valence-corrected chi connectivity index (χ2v) is 4.61. The van der Waals surface area contributed by atoms with Gasteiger partial charge in [0.25, 0.3) is 0 Å². The van der Waals surface area contributed by atoms with Gasteiger partial charge < -0.3 is 9.47 Å². The predicted octanol–water partition coefficient (Wildman–Crippen LogP) is 3.61. The van der Waals surface area contributed by atoms with Crippen LogP contribution in [0.3, 0.4) is 0 Å². The average Bonchev–Trinajstić information content (AvgIpc) is 2.50. The van der Waals surface area contributed by atoms with E-state index in [-0.39, 0.29) is 18.2 Å². The van der Waals surface area contributed by atoms with Crippen LogP contribution in [0.15, 0.2) is 48.3 Å². The van der Waals surface area contributed by atoms with Crippen molar-refractivity contribution in [1.82, 2.24) is 0 Å². The maximum Gasteiger partial charge on any atom is 0.309 e. The normalized spacial score (nSPS) is 11.5. The van der Waals surface area contributed by atoms with Crippen LogP contribution >= 0.6 is 0 Å². The highest BCUT2D eigenvalue weighted by Gasteiger charge is 2.03. The van der Waals surface area contributed by atoms with Gasteiger partial charge in [0.2, 0.25) is 0 Å². The molecule has 0 saturated heterocycles. The van der Waals surface area contributed by atoms with E-state index < -0.39 is 0 Å². The zero-order chi connectivity index (χ0) is 16.4. The predicted molar refractivity (Wildman–Crippen MR) is 85.6 cm³/mol. The van der Waals surface area contributed by atoms with Gasteiger partial charge in [0, 0.05) is 5.56 Å². The quantitative estimate of drug-likeness (QED) is 0.242. The Balaban J connectivity index is 2.72. The van der Waals surface area contributed by atoms with Gasteiger partial charge >= 0.3 is 5.97 Å². The fourth-order valence-corrected chi connectivity index (χ4v) is 1.72. The largest absolute Gasteiger partial charge is 0.494 e. The summed E-state index contributed by atoms with van der Waals surface area (Å²) in [6.07, 6.45) is 4.74. The van der Waals surface area contributed by atoms with Gasteiger partial charge in [-0.15, -0.1) is 0 Å². The number of ketones is 1. The van der Waals surface area contributed by atoms with Crippen LogP contribution in [0.2, 0.25) is 0 Å². The monoisotopic (exact) mass is 302 g/mol. The number of esters is 1. The van der Waals surface area contributed by atoms with Crippen molar-refractivity contribution in [3.8, 4) is 0 Å². The minimum Gasteiger partial charge on any atom is -0.494 e. The Bertz CT molecular complexity index is 553. The Hall–Kier alpha value is -2.36. The third-order valence-electron chi connectivity index (χ3n) is 2.82. The van der Waals surface area contributed by atoms with Crippen LogP contribution in [-0.2, 0) is 14.3 Å². The number of carbonyl (C=O) groups excluding carboxylic acids is 2. The number of aryl methyl sites for hydroxylation is 1. The lowest BCUT2D eigenvalue weighted by molar-refractivity contribution is -0.142. The maximum absolute atomic E-state index is 12.0. The molecule has 0 unspecified atom stereocenters. The Morgan fingerprint density at radius 1 is 1.00 bits per heavy atom. The van der Waals surface area contributed by atoms with Crippen LogP contribution in [0, 0.1) is 6.92 Å². The van der Waals surface area contributed by atoms with Gasteiger partial charge in [0.15, 0.2) is 5.78 Å². The lowest BCUT2D eigenvalue weighted by Crippen LogP contribution is -2.02. The Morgan fingerprint density at radius 2 is 1.64 bits per heavy atom. The maximum atomic E-state index is 12.0. The molecule has 0 aliphatic heterocycles. The van der Waals surface area contributed by atoms with Gasteiger partial charge in [-0.05, 0) is 39.0 Å². The Morgan fingerprint density at radius 3 is 2.23 bits per heavy atom. The number of allylic oxidation sites excluding steroid dienone is 2. The van der Waals surface area contributed by atoms with Crippen LogP contribution in [0.25, 0.3) is 0 Å². The highest BCUT2D eigenvalue weighted by molar-refractivity contribution is 6.04. The van der Waals surface area contributed by atoms with E-state index in [0.29, 0.717) is 24.5 Å². The Kier molecular flexibility index (Phi) is 7.68. The van der Waals surface area contributed by atoms with E-state index in [0.717, 1.165) is 5.56 Å². The molecule has 0 amide bonds. The molecule has 4 nitrogen and oxygen atoms in total. The first kappa shape index (κ1) is 17.7. The molecule has 1 aromatic rings. The summed E-state index contributed by atoms with van der Waals surface area (Å²) in [7, 11) is 0. The van der Waals surface area contributed by atoms with Crippen LogP contribution < -0.4 is 0 Å². The van der Waals surface area contributed by atoms with Crippen molar-refractivity contribution >= 4 is 11.8 Å². The summed E-state index contributed by atoms with van der Waals surface area (Å²) in [5.41, 5.74) is 1.72. The molecular weight excluding hydrogens is 280 g/mol.